The summed E-state index contributed by atoms with van der Waals surface area (Å²) in [6.45, 7) is 5.04. The van der Waals surface area contributed by atoms with E-state index in [2.05, 4.69) is 21.7 Å². The molecule has 0 saturated heterocycles. The molecule has 1 atom stereocenters. The summed E-state index contributed by atoms with van der Waals surface area (Å²) in [5.41, 5.74) is 0.422. The van der Waals surface area contributed by atoms with E-state index in [0.29, 0.717) is 30.4 Å². The lowest BCUT2D eigenvalue weighted by Crippen LogP contribution is -2.44. The Morgan fingerprint density at radius 1 is 1.32 bits per heavy atom. The first kappa shape index (κ1) is 21.0. The van der Waals surface area contributed by atoms with Gasteiger partial charge in [0.25, 0.3) is 0 Å². The van der Waals surface area contributed by atoms with Crippen molar-refractivity contribution in [2.45, 2.75) is 26.0 Å². The average Bonchev–Trinajstić information content (AvgIpc) is 3.13. The number of guanidine groups is 1. The lowest BCUT2D eigenvalue weighted by molar-refractivity contribution is 0.0386. The molecule has 0 bridgehead atoms. The zero-order valence-electron chi connectivity index (χ0n) is 14.3. The van der Waals surface area contributed by atoms with Gasteiger partial charge in [-0.2, -0.15) is 5.26 Å². The molecule has 0 radical (unpaired) electrons. The van der Waals surface area contributed by atoms with Gasteiger partial charge >= 0.3 is 0 Å². The van der Waals surface area contributed by atoms with Gasteiger partial charge in [0, 0.05) is 6.54 Å². The van der Waals surface area contributed by atoms with Crippen LogP contribution >= 0.6 is 24.0 Å². The van der Waals surface area contributed by atoms with Crippen molar-refractivity contribution in [2.24, 2.45) is 4.99 Å². The highest BCUT2D eigenvalue weighted by Crippen LogP contribution is 2.19. The minimum absolute atomic E-state index is 0. The third-order valence-corrected chi connectivity index (χ3v) is 3.47. The normalized spacial score (nSPS) is 13.3. The van der Waals surface area contributed by atoms with Crippen molar-refractivity contribution in [3.63, 3.8) is 0 Å². The average molecular weight is 454 g/mol. The van der Waals surface area contributed by atoms with E-state index in [0.717, 1.165) is 5.56 Å². The summed E-state index contributed by atoms with van der Waals surface area (Å²) in [7, 11) is 0. The Labute approximate surface area is 165 Å². The monoisotopic (exact) mass is 454 g/mol. The second kappa shape index (κ2) is 10.1. The number of hydrogen-bond donors (Lipinski definition) is 3. The predicted molar refractivity (Wildman–Crippen MR) is 108 cm³/mol. The third-order valence-electron chi connectivity index (χ3n) is 3.47. The summed E-state index contributed by atoms with van der Waals surface area (Å²) in [4.78, 5) is 4.49. The van der Waals surface area contributed by atoms with Crippen molar-refractivity contribution in [3.8, 4) is 6.07 Å². The quantitative estimate of drug-likeness (QED) is 0.355. The Morgan fingerprint density at radius 2 is 2.12 bits per heavy atom. The lowest BCUT2D eigenvalue weighted by Gasteiger charge is -2.22. The molecule has 0 aliphatic heterocycles. The third kappa shape index (κ3) is 6.40. The van der Waals surface area contributed by atoms with Crippen molar-refractivity contribution in [1.82, 2.24) is 10.6 Å². The molecule has 2 rings (SSSR count). The van der Waals surface area contributed by atoms with E-state index < -0.39 is 5.60 Å². The number of nitrogens with zero attached hydrogens (tertiary/aromatic N) is 2. The molecule has 1 aromatic carbocycles. The van der Waals surface area contributed by atoms with E-state index in [1.54, 1.807) is 25.1 Å². The van der Waals surface area contributed by atoms with Crippen LogP contribution in [0, 0.1) is 11.3 Å². The Bertz CT molecular complexity index is 721. The van der Waals surface area contributed by atoms with E-state index in [1.165, 1.54) is 6.26 Å². The summed E-state index contributed by atoms with van der Waals surface area (Å²) in [6, 6.07) is 12.9. The number of furan rings is 1. The van der Waals surface area contributed by atoms with E-state index in [-0.39, 0.29) is 30.5 Å². The first-order chi connectivity index (χ1) is 11.5. The first-order valence-electron chi connectivity index (χ1n) is 7.82. The SMILES string of the molecule is CCNC(=NCc1cccc(C#N)c1)NCC(C)(O)c1ccco1.I. The minimum atomic E-state index is -1.14. The van der Waals surface area contributed by atoms with Gasteiger partial charge in [-0.3, -0.25) is 0 Å². The summed E-state index contributed by atoms with van der Waals surface area (Å²) in [6.07, 6.45) is 1.53. The molecule has 7 heteroatoms. The van der Waals surface area contributed by atoms with Crippen LogP contribution in [0.2, 0.25) is 0 Å². The second-order valence-electron chi connectivity index (χ2n) is 5.61. The van der Waals surface area contributed by atoms with Crippen molar-refractivity contribution in [3.05, 3.63) is 59.5 Å². The molecule has 1 heterocycles. The number of halogens is 1. The van der Waals surface area contributed by atoms with Crippen LogP contribution in [0.15, 0.2) is 52.1 Å². The highest BCUT2D eigenvalue weighted by atomic mass is 127. The molecule has 6 nitrogen and oxygen atoms in total. The summed E-state index contributed by atoms with van der Waals surface area (Å²) in [5.74, 6) is 1.08. The van der Waals surface area contributed by atoms with Crippen molar-refractivity contribution >= 4 is 29.9 Å². The van der Waals surface area contributed by atoms with Crippen LogP contribution in [0.5, 0.6) is 0 Å². The van der Waals surface area contributed by atoms with Gasteiger partial charge in [-0.25, -0.2) is 4.99 Å². The molecule has 0 aliphatic rings. The van der Waals surface area contributed by atoms with Crippen LogP contribution in [0.25, 0.3) is 0 Å². The number of aliphatic hydroxyl groups is 1. The topological polar surface area (TPSA) is 93.6 Å². The Balaban J connectivity index is 0.00000312. The number of nitrogens with one attached hydrogen (secondary N) is 2. The number of nitriles is 1. The predicted octanol–water partition coefficient (Wildman–Crippen LogP) is 2.73. The zero-order valence-corrected chi connectivity index (χ0v) is 16.7. The van der Waals surface area contributed by atoms with Gasteiger partial charge in [-0.15, -0.1) is 24.0 Å². The molecule has 1 unspecified atom stereocenters. The zero-order chi connectivity index (χ0) is 17.4. The van der Waals surface area contributed by atoms with Crippen LogP contribution in [0.1, 0.15) is 30.7 Å². The fraction of sp³-hybridized carbons (Fsp3) is 0.333. The smallest absolute Gasteiger partial charge is 0.191 e. The van der Waals surface area contributed by atoms with E-state index in [4.69, 9.17) is 9.68 Å². The van der Waals surface area contributed by atoms with Crippen LogP contribution in [-0.2, 0) is 12.1 Å². The minimum Gasteiger partial charge on any atom is -0.466 e. The molecule has 0 saturated carbocycles. The maximum Gasteiger partial charge on any atom is 0.191 e. The maximum atomic E-state index is 10.5. The van der Waals surface area contributed by atoms with Gasteiger partial charge in [0.05, 0.1) is 31.0 Å². The lowest BCUT2D eigenvalue weighted by atomic mass is 10.0. The molecule has 0 fully saturated rings. The largest absolute Gasteiger partial charge is 0.466 e. The van der Waals surface area contributed by atoms with Crippen molar-refractivity contribution in [1.29, 1.82) is 5.26 Å². The number of hydrogen-bond acceptors (Lipinski definition) is 4. The first-order valence-corrected chi connectivity index (χ1v) is 7.82. The van der Waals surface area contributed by atoms with Crippen molar-refractivity contribution in [2.75, 3.05) is 13.1 Å². The number of rotatable bonds is 6. The molecular formula is C18H23IN4O2. The highest BCUT2D eigenvalue weighted by molar-refractivity contribution is 14.0. The van der Waals surface area contributed by atoms with Crippen LogP contribution < -0.4 is 10.6 Å². The molecule has 25 heavy (non-hydrogen) atoms. The Kier molecular flexibility index (Phi) is 8.45. The van der Waals surface area contributed by atoms with Crippen LogP contribution in [-0.4, -0.2) is 24.2 Å². The molecule has 0 spiro atoms. The number of aliphatic imine (C=N–C) groups is 1. The van der Waals surface area contributed by atoms with Crippen LogP contribution in [0.3, 0.4) is 0 Å². The molecule has 3 N–H and O–H groups in total. The maximum absolute atomic E-state index is 10.5. The second-order valence-corrected chi connectivity index (χ2v) is 5.61. The fourth-order valence-electron chi connectivity index (χ4n) is 2.18. The van der Waals surface area contributed by atoms with Gasteiger partial charge in [0.1, 0.15) is 11.4 Å². The fourth-order valence-corrected chi connectivity index (χ4v) is 2.18. The van der Waals surface area contributed by atoms with Gasteiger partial charge in [0.2, 0.25) is 0 Å². The van der Waals surface area contributed by atoms with Crippen molar-refractivity contribution < 1.29 is 9.52 Å². The summed E-state index contributed by atoms with van der Waals surface area (Å²) < 4.78 is 5.26. The Morgan fingerprint density at radius 3 is 2.76 bits per heavy atom. The highest BCUT2D eigenvalue weighted by Gasteiger charge is 2.26. The molecule has 0 aliphatic carbocycles. The van der Waals surface area contributed by atoms with Crippen LogP contribution in [0.4, 0.5) is 0 Å². The van der Waals surface area contributed by atoms with Gasteiger partial charge in [0.15, 0.2) is 5.96 Å². The van der Waals surface area contributed by atoms with Gasteiger partial charge < -0.3 is 20.2 Å². The molecular weight excluding hydrogens is 431 g/mol. The molecule has 1 aromatic heterocycles. The van der Waals surface area contributed by atoms with Gasteiger partial charge in [-0.1, -0.05) is 12.1 Å². The summed E-state index contributed by atoms with van der Waals surface area (Å²) in [5, 5.41) is 25.7. The van der Waals surface area contributed by atoms with E-state index >= 15 is 0 Å². The molecule has 2 aromatic rings. The summed E-state index contributed by atoms with van der Waals surface area (Å²) >= 11 is 0. The van der Waals surface area contributed by atoms with Gasteiger partial charge in [-0.05, 0) is 43.7 Å². The van der Waals surface area contributed by atoms with E-state index in [1.807, 2.05) is 25.1 Å². The molecule has 134 valence electrons. The molecule has 0 amide bonds. The Hall–Kier alpha value is -2.05. The number of benzene rings is 1. The van der Waals surface area contributed by atoms with E-state index in [9.17, 15) is 5.11 Å². The standard InChI is InChI=1S/C18H22N4O2.HI/c1-3-20-17(21-12-15-7-4-6-14(10-15)11-19)22-13-18(2,23)16-8-5-9-24-16;/h4-10,23H,3,12-13H2,1-2H3,(H2,20,21,22);1H.